The molecule has 9 nitrogen and oxygen atoms in total. The van der Waals surface area contributed by atoms with Crippen LogP contribution in [0.4, 0.5) is 17.2 Å². The summed E-state index contributed by atoms with van der Waals surface area (Å²) >= 11 is 0. The van der Waals surface area contributed by atoms with Gasteiger partial charge in [0.15, 0.2) is 0 Å². The fourth-order valence-electron chi connectivity index (χ4n) is 3.11. The first-order chi connectivity index (χ1) is 13.4. The molecule has 3 N–H and O–H groups in total. The van der Waals surface area contributed by atoms with Crippen molar-refractivity contribution < 1.29 is 19.1 Å². The van der Waals surface area contributed by atoms with Crippen molar-refractivity contribution >= 4 is 35.0 Å². The third kappa shape index (κ3) is 4.13. The molecular weight excluding hydrogens is 362 g/mol. The van der Waals surface area contributed by atoms with Crippen molar-refractivity contribution in [1.29, 1.82) is 0 Å². The van der Waals surface area contributed by atoms with Gasteiger partial charge < -0.3 is 25.3 Å². The van der Waals surface area contributed by atoms with Gasteiger partial charge in [-0.15, -0.1) is 0 Å². The van der Waals surface area contributed by atoms with E-state index in [-0.39, 0.29) is 11.4 Å². The first-order valence-electron chi connectivity index (χ1n) is 9.02. The van der Waals surface area contributed by atoms with Crippen LogP contribution < -0.4 is 15.5 Å². The minimum atomic E-state index is -0.896. The zero-order chi connectivity index (χ0) is 20.3. The fraction of sp³-hybridized carbons (Fsp3) is 0.368. The van der Waals surface area contributed by atoms with Gasteiger partial charge in [0.25, 0.3) is 0 Å². The van der Waals surface area contributed by atoms with Crippen LogP contribution in [-0.2, 0) is 14.3 Å². The second kappa shape index (κ2) is 8.12. The Labute approximate surface area is 162 Å². The Bertz CT molecular complexity index is 915. The van der Waals surface area contributed by atoms with Crippen LogP contribution in [0.25, 0.3) is 0 Å². The smallest absolute Gasteiger partial charge is 0.356 e. The Hall–Kier alpha value is -3.36. The van der Waals surface area contributed by atoms with E-state index in [0.717, 1.165) is 31.7 Å². The fourth-order valence-corrected chi connectivity index (χ4v) is 3.11. The van der Waals surface area contributed by atoms with E-state index in [0.29, 0.717) is 17.1 Å². The van der Waals surface area contributed by atoms with Crippen molar-refractivity contribution in [3.8, 4) is 0 Å². The molecule has 0 atom stereocenters. The van der Waals surface area contributed by atoms with E-state index in [2.05, 4.69) is 30.2 Å². The molecule has 0 unspecified atom stereocenters. The number of anilines is 3. The molecule has 3 rings (SSSR count). The summed E-state index contributed by atoms with van der Waals surface area (Å²) in [5.74, 6) is -1.52. The molecule has 3 heterocycles. The van der Waals surface area contributed by atoms with Crippen LogP contribution >= 0.6 is 0 Å². The van der Waals surface area contributed by atoms with Gasteiger partial charge in [-0.05, 0) is 44.9 Å². The number of rotatable bonds is 4. The summed E-state index contributed by atoms with van der Waals surface area (Å²) in [5, 5.41) is 4.99. The monoisotopic (exact) mass is 385 g/mol. The van der Waals surface area contributed by atoms with Crippen LogP contribution in [-0.4, -0.2) is 48.0 Å². The van der Waals surface area contributed by atoms with Gasteiger partial charge in [0.2, 0.25) is 0 Å². The van der Waals surface area contributed by atoms with Crippen LogP contribution in [0.5, 0.6) is 0 Å². The number of carbonyl (C=O) groups excluding carboxylic acids is 3. The van der Waals surface area contributed by atoms with Crippen LogP contribution in [0.2, 0.25) is 0 Å². The molecule has 1 fully saturated rings. The Balaban J connectivity index is 1.68. The Morgan fingerprint density at radius 3 is 2.32 bits per heavy atom. The molecule has 0 saturated carbocycles. The second-order valence-corrected chi connectivity index (χ2v) is 6.64. The molecule has 0 radical (unpaired) electrons. The minimum Gasteiger partial charge on any atom is -0.464 e. The Morgan fingerprint density at radius 1 is 1.07 bits per heavy atom. The lowest BCUT2D eigenvalue weighted by atomic mass is 10.3. The highest BCUT2D eigenvalue weighted by Crippen LogP contribution is 2.22. The third-order valence-electron chi connectivity index (χ3n) is 4.55. The molecule has 9 heteroatoms. The van der Waals surface area contributed by atoms with Gasteiger partial charge in [0, 0.05) is 18.8 Å². The number of esters is 1. The summed E-state index contributed by atoms with van der Waals surface area (Å²) < 4.78 is 4.66. The number of aromatic amines is 1. The third-order valence-corrected chi connectivity index (χ3v) is 4.55. The summed E-state index contributed by atoms with van der Waals surface area (Å²) in [6, 6.07) is 5.12. The van der Waals surface area contributed by atoms with Crippen molar-refractivity contribution in [2.45, 2.75) is 26.7 Å². The van der Waals surface area contributed by atoms with E-state index in [9.17, 15) is 14.4 Å². The molecule has 0 aromatic carbocycles. The lowest BCUT2D eigenvalue weighted by Gasteiger charge is -2.18. The van der Waals surface area contributed by atoms with Crippen LogP contribution in [0.15, 0.2) is 18.2 Å². The van der Waals surface area contributed by atoms with Crippen molar-refractivity contribution in [3.63, 3.8) is 0 Å². The maximum atomic E-state index is 12.3. The average molecular weight is 385 g/mol. The molecule has 0 aliphatic carbocycles. The van der Waals surface area contributed by atoms with Gasteiger partial charge in [-0.2, -0.15) is 0 Å². The predicted octanol–water partition coefficient (Wildman–Crippen LogP) is 1.99. The van der Waals surface area contributed by atoms with Crippen molar-refractivity contribution in [1.82, 2.24) is 9.97 Å². The summed E-state index contributed by atoms with van der Waals surface area (Å²) in [6.45, 7) is 5.44. The number of aromatic nitrogens is 2. The van der Waals surface area contributed by atoms with Crippen molar-refractivity contribution in [2.75, 3.05) is 35.7 Å². The normalized spacial score (nSPS) is 13.3. The number of ether oxygens (including phenoxy) is 1. The van der Waals surface area contributed by atoms with Gasteiger partial charge in [0.1, 0.15) is 11.5 Å². The predicted molar refractivity (Wildman–Crippen MR) is 105 cm³/mol. The van der Waals surface area contributed by atoms with Crippen molar-refractivity contribution in [2.24, 2.45) is 0 Å². The molecule has 2 aromatic heterocycles. The van der Waals surface area contributed by atoms with Crippen LogP contribution in [0.3, 0.4) is 0 Å². The van der Waals surface area contributed by atoms with E-state index in [1.807, 2.05) is 6.07 Å². The van der Waals surface area contributed by atoms with Gasteiger partial charge in [0.05, 0.1) is 24.2 Å². The zero-order valence-corrected chi connectivity index (χ0v) is 16.1. The molecule has 2 aromatic rings. The molecule has 2 amide bonds. The second-order valence-electron chi connectivity index (χ2n) is 6.64. The first kappa shape index (κ1) is 19.4. The summed E-state index contributed by atoms with van der Waals surface area (Å²) in [4.78, 5) is 45.8. The van der Waals surface area contributed by atoms with Gasteiger partial charge in [-0.25, -0.2) is 9.78 Å². The summed E-state index contributed by atoms with van der Waals surface area (Å²) in [6.07, 6.45) is 2.29. The summed E-state index contributed by atoms with van der Waals surface area (Å²) in [7, 11) is 1.23. The molecule has 1 aliphatic rings. The van der Waals surface area contributed by atoms with E-state index in [4.69, 9.17) is 0 Å². The molecule has 0 bridgehead atoms. The molecule has 148 valence electrons. The number of H-pyrrole nitrogens is 1. The number of hydrogen-bond donors (Lipinski definition) is 3. The SMILES string of the molecule is COC(=O)c1[nH]c(C)cc1NC(=O)C(=O)Nc1ccc(N2CCCC2)nc1C. The average Bonchev–Trinajstić information content (AvgIpc) is 3.32. The minimum absolute atomic E-state index is 0.0777. The molecule has 1 saturated heterocycles. The molecular formula is C19H23N5O4. The lowest BCUT2D eigenvalue weighted by Crippen LogP contribution is -2.30. The van der Waals surface area contributed by atoms with E-state index in [1.165, 1.54) is 7.11 Å². The lowest BCUT2D eigenvalue weighted by molar-refractivity contribution is -0.133. The standard InChI is InChI=1S/C19H23N5O4/c1-11-10-14(16(20-11)19(27)28-3)23-18(26)17(25)22-13-6-7-15(21-12(13)2)24-8-4-5-9-24/h6-7,10,20H,4-5,8-9H2,1-3H3,(H,22,25)(H,23,26). The van der Waals surface area contributed by atoms with Crippen LogP contribution in [0, 0.1) is 13.8 Å². The number of nitrogens with zero attached hydrogens (tertiary/aromatic N) is 2. The molecule has 28 heavy (non-hydrogen) atoms. The topological polar surface area (TPSA) is 116 Å². The maximum Gasteiger partial charge on any atom is 0.356 e. The van der Waals surface area contributed by atoms with E-state index in [1.54, 1.807) is 26.0 Å². The van der Waals surface area contributed by atoms with Crippen molar-refractivity contribution in [3.05, 3.63) is 35.3 Å². The number of aryl methyl sites for hydroxylation is 2. The number of methoxy groups -OCH3 is 1. The number of carbonyl (C=O) groups is 3. The Kier molecular flexibility index (Phi) is 5.62. The van der Waals surface area contributed by atoms with E-state index >= 15 is 0 Å². The molecule has 1 aliphatic heterocycles. The number of pyridine rings is 1. The van der Waals surface area contributed by atoms with Gasteiger partial charge in [-0.3, -0.25) is 9.59 Å². The van der Waals surface area contributed by atoms with Crippen LogP contribution in [0.1, 0.15) is 34.7 Å². The van der Waals surface area contributed by atoms with Gasteiger partial charge in [-0.1, -0.05) is 0 Å². The van der Waals surface area contributed by atoms with Gasteiger partial charge >= 0.3 is 17.8 Å². The highest BCUT2D eigenvalue weighted by molar-refractivity contribution is 6.44. The number of nitrogens with one attached hydrogen (secondary N) is 3. The largest absolute Gasteiger partial charge is 0.464 e. The van der Waals surface area contributed by atoms with E-state index < -0.39 is 17.8 Å². The maximum absolute atomic E-state index is 12.3. The Morgan fingerprint density at radius 2 is 1.71 bits per heavy atom. The highest BCUT2D eigenvalue weighted by atomic mass is 16.5. The zero-order valence-electron chi connectivity index (χ0n) is 16.1. The summed E-state index contributed by atoms with van der Waals surface area (Å²) in [5.41, 5.74) is 1.99. The number of amides is 2. The number of hydrogen-bond acceptors (Lipinski definition) is 6. The quantitative estimate of drug-likeness (QED) is 0.547. The molecule has 0 spiro atoms. The highest BCUT2D eigenvalue weighted by Gasteiger charge is 2.21. The first-order valence-corrected chi connectivity index (χ1v) is 9.02.